The highest BCUT2D eigenvalue weighted by atomic mass is 16.3. The third-order valence-corrected chi connectivity index (χ3v) is 2.22. The van der Waals surface area contributed by atoms with Crippen molar-refractivity contribution in [1.82, 2.24) is 4.90 Å². The molecule has 0 bridgehead atoms. The Morgan fingerprint density at radius 2 is 2.46 bits per heavy atom. The van der Waals surface area contributed by atoms with Gasteiger partial charge in [-0.25, -0.2) is 0 Å². The molecule has 1 amide bonds. The van der Waals surface area contributed by atoms with Crippen molar-refractivity contribution in [3.8, 4) is 0 Å². The molecule has 4 heteroatoms. The van der Waals surface area contributed by atoms with Crippen LogP contribution in [0.3, 0.4) is 0 Å². The zero-order valence-corrected chi connectivity index (χ0v) is 7.52. The highest BCUT2D eigenvalue weighted by Crippen LogP contribution is 2.18. The number of hydrogen-bond donors (Lipinski definition) is 2. The molecule has 0 aliphatic carbocycles. The van der Waals surface area contributed by atoms with Gasteiger partial charge in [0.1, 0.15) is 0 Å². The number of carbonyl (C=O) groups is 1. The fourth-order valence-corrected chi connectivity index (χ4v) is 1.45. The molecule has 1 fully saturated rings. The van der Waals surface area contributed by atoms with E-state index in [-0.39, 0.29) is 25.0 Å². The smallest absolute Gasteiger partial charge is 0.223 e. The van der Waals surface area contributed by atoms with Crippen LogP contribution in [0, 0.1) is 5.92 Å². The zero-order chi connectivity index (χ0) is 9.84. The topological polar surface area (TPSA) is 60.8 Å². The molecule has 1 aliphatic heterocycles. The molecule has 1 rings (SSSR count). The SMILES string of the molecule is C=CC1CC(=O)N(CC(O)CO)C1. The first-order valence-corrected chi connectivity index (χ1v) is 4.36. The lowest BCUT2D eigenvalue weighted by Gasteiger charge is -2.18. The lowest BCUT2D eigenvalue weighted by molar-refractivity contribution is -0.129. The second-order valence-corrected chi connectivity index (χ2v) is 3.34. The van der Waals surface area contributed by atoms with Crippen molar-refractivity contribution in [3.63, 3.8) is 0 Å². The average Bonchev–Trinajstić information content (AvgIpc) is 2.47. The Morgan fingerprint density at radius 3 is 2.92 bits per heavy atom. The number of rotatable bonds is 4. The molecule has 0 radical (unpaired) electrons. The molecule has 2 atom stereocenters. The number of aliphatic hydroxyl groups excluding tert-OH is 2. The van der Waals surface area contributed by atoms with Crippen molar-refractivity contribution in [3.05, 3.63) is 12.7 Å². The number of likely N-dealkylation sites (tertiary alicyclic amines) is 1. The minimum Gasteiger partial charge on any atom is -0.394 e. The van der Waals surface area contributed by atoms with Gasteiger partial charge in [0.15, 0.2) is 0 Å². The van der Waals surface area contributed by atoms with Gasteiger partial charge in [0.05, 0.1) is 12.7 Å². The summed E-state index contributed by atoms with van der Waals surface area (Å²) in [6, 6.07) is 0. The van der Waals surface area contributed by atoms with E-state index in [2.05, 4.69) is 6.58 Å². The summed E-state index contributed by atoms with van der Waals surface area (Å²) in [5.74, 6) is 0.218. The molecule has 0 aromatic heterocycles. The van der Waals surface area contributed by atoms with Gasteiger partial charge in [0.2, 0.25) is 5.91 Å². The van der Waals surface area contributed by atoms with Crippen LogP contribution in [0.5, 0.6) is 0 Å². The van der Waals surface area contributed by atoms with Crippen molar-refractivity contribution in [2.24, 2.45) is 5.92 Å². The third-order valence-electron chi connectivity index (χ3n) is 2.22. The molecule has 0 spiro atoms. The Labute approximate surface area is 77.5 Å². The lowest BCUT2D eigenvalue weighted by atomic mass is 10.1. The normalized spacial score (nSPS) is 24.9. The second kappa shape index (κ2) is 4.39. The van der Waals surface area contributed by atoms with Crippen molar-refractivity contribution < 1.29 is 15.0 Å². The van der Waals surface area contributed by atoms with Crippen LogP contribution in [0.25, 0.3) is 0 Å². The molecule has 1 heterocycles. The number of aliphatic hydroxyl groups is 2. The van der Waals surface area contributed by atoms with Crippen LogP contribution in [-0.4, -0.2) is 46.8 Å². The van der Waals surface area contributed by atoms with E-state index in [1.807, 2.05) is 0 Å². The monoisotopic (exact) mass is 185 g/mol. The van der Waals surface area contributed by atoms with E-state index in [4.69, 9.17) is 10.2 Å². The number of hydrogen-bond acceptors (Lipinski definition) is 3. The summed E-state index contributed by atoms with van der Waals surface area (Å²) in [6.07, 6.45) is 1.40. The molecule has 1 saturated heterocycles. The van der Waals surface area contributed by atoms with Gasteiger partial charge < -0.3 is 15.1 Å². The van der Waals surface area contributed by atoms with Crippen LogP contribution in [-0.2, 0) is 4.79 Å². The number of amides is 1. The van der Waals surface area contributed by atoms with Crippen LogP contribution in [0.1, 0.15) is 6.42 Å². The summed E-state index contributed by atoms with van der Waals surface area (Å²) in [5, 5.41) is 17.7. The van der Waals surface area contributed by atoms with Crippen molar-refractivity contribution in [2.75, 3.05) is 19.7 Å². The van der Waals surface area contributed by atoms with Crippen molar-refractivity contribution in [2.45, 2.75) is 12.5 Å². The van der Waals surface area contributed by atoms with Gasteiger partial charge in [-0.2, -0.15) is 0 Å². The summed E-state index contributed by atoms with van der Waals surface area (Å²) < 4.78 is 0. The fourth-order valence-electron chi connectivity index (χ4n) is 1.45. The predicted octanol–water partition coefficient (Wildman–Crippen LogP) is -0.626. The van der Waals surface area contributed by atoms with E-state index in [1.54, 1.807) is 11.0 Å². The van der Waals surface area contributed by atoms with Gasteiger partial charge in [0, 0.05) is 25.4 Å². The number of β-amino-alcohol motifs (C(OH)–C–C–N with tert-alkyl or cyclic N) is 1. The Morgan fingerprint density at radius 1 is 1.77 bits per heavy atom. The van der Waals surface area contributed by atoms with Gasteiger partial charge in [0.25, 0.3) is 0 Å². The molecule has 0 aromatic rings. The number of nitrogens with zero attached hydrogens (tertiary/aromatic N) is 1. The minimum absolute atomic E-state index is 0.0254. The molecule has 1 aliphatic rings. The maximum atomic E-state index is 11.3. The van der Waals surface area contributed by atoms with E-state index in [0.29, 0.717) is 13.0 Å². The van der Waals surface area contributed by atoms with Crippen LogP contribution in [0.15, 0.2) is 12.7 Å². The Hall–Kier alpha value is -0.870. The van der Waals surface area contributed by atoms with E-state index in [9.17, 15) is 4.79 Å². The van der Waals surface area contributed by atoms with Crippen molar-refractivity contribution >= 4 is 5.91 Å². The van der Waals surface area contributed by atoms with Crippen LogP contribution >= 0.6 is 0 Å². The molecular formula is C9H15NO3. The molecule has 13 heavy (non-hydrogen) atoms. The first-order valence-electron chi connectivity index (χ1n) is 4.36. The third kappa shape index (κ3) is 2.54. The molecule has 2 unspecified atom stereocenters. The van der Waals surface area contributed by atoms with Crippen LogP contribution in [0.2, 0.25) is 0 Å². The van der Waals surface area contributed by atoms with E-state index in [1.165, 1.54) is 0 Å². The lowest BCUT2D eigenvalue weighted by Crippen LogP contribution is -2.35. The molecule has 0 aromatic carbocycles. The summed E-state index contributed by atoms with van der Waals surface area (Å²) in [7, 11) is 0. The van der Waals surface area contributed by atoms with Crippen LogP contribution in [0.4, 0.5) is 0 Å². The quantitative estimate of drug-likeness (QED) is 0.573. The highest BCUT2D eigenvalue weighted by molar-refractivity contribution is 5.79. The summed E-state index contributed by atoms with van der Waals surface area (Å²) in [4.78, 5) is 12.8. The summed E-state index contributed by atoms with van der Waals surface area (Å²) in [5.41, 5.74) is 0. The first kappa shape index (κ1) is 10.2. The van der Waals surface area contributed by atoms with Gasteiger partial charge in [-0.05, 0) is 0 Å². The van der Waals surface area contributed by atoms with Gasteiger partial charge >= 0.3 is 0 Å². The van der Waals surface area contributed by atoms with E-state index < -0.39 is 6.10 Å². The predicted molar refractivity (Wildman–Crippen MR) is 48.0 cm³/mol. The Bertz CT molecular complexity index is 205. The van der Waals surface area contributed by atoms with Gasteiger partial charge in [-0.1, -0.05) is 6.08 Å². The van der Waals surface area contributed by atoms with Crippen molar-refractivity contribution in [1.29, 1.82) is 0 Å². The molecule has 74 valence electrons. The second-order valence-electron chi connectivity index (χ2n) is 3.34. The Balaban J connectivity index is 2.43. The molecule has 0 saturated carbocycles. The first-order chi connectivity index (χ1) is 6.17. The molecule has 2 N–H and O–H groups in total. The fraction of sp³-hybridized carbons (Fsp3) is 0.667. The minimum atomic E-state index is -0.826. The maximum absolute atomic E-state index is 11.3. The van der Waals surface area contributed by atoms with E-state index >= 15 is 0 Å². The van der Waals surface area contributed by atoms with E-state index in [0.717, 1.165) is 0 Å². The van der Waals surface area contributed by atoms with Gasteiger partial charge in [-0.15, -0.1) is 6.58 Å². The summed E-state index contributed by atoms with van der Waals surface area (Å²) >= 11 is 0. The largest absolute Gasteiger partial charge is 0.394 e. The highest BCUT2D eigenvalue weighted by Gasteiger charge is 2.28. The molecule has 4 nitrogen and oxygen atoms in total. The summed E-state index contributed by atoms with van der Waals surface area (Å²) in [6.45, 7) is 4.15. The van der Waals surface area contributed by atoms with Crippen LogP contribution < -0.4 is 0 Å². The zero-order valence-electron chi connectivity index (χ0n) is 7.52. The van der Waals surface area contributed by atoms with Gasteiger partial charge in [-0.3, -0.25) is 4.79 Å². The molecular weight excluding hydrogens is 170 g/mol. The standard InChI is InChI=1S/C9H15NO3/c1-2-7-3-9(13)10(4-7)5-8(12)6-11/h2,7-8,11-12H,1,3-6H2. The number of carbonyl (C=O) groups excluding carboxylic acids is 1. The Kier molecular flexibility index (Phi) is 3.45. The maximum Gasteiger partial charge on any atom is 0.223 e. The average molecular weight is 185 g/mol.